The summed E-state index contributed by atoms with van der Waals surface area (Å²) in [4.78, 5) is 11.7. The zero-order valence-corrected chi connectivity index (χ0v) is 13.1. The zero-order chi connectivity index (χ0) is 15.6. The SMILES string of the molecule is CC(C)c1ccc(C(=O)O)c(-c2ccccc2)c1C(C)C. The summed E-state index contributed by atoms with van der Waals surface area (Å²) in [6.07, 6.45) is 0. The Labute approximate surface area is 126 Å². The standard InChI is InChI=1S/C19H22O2/c1-12(2)15-10-11-16(19(20)21)18(17(15)13(3)4)14-8-6-5-7-9-14/h5-13H,1-4H3,(H,20,21). The molecule has 0 saturated carbocycles. The van der Waals surface area contributed by atoms with Gasteiger partial charge in [0.05, 0.1) is 5.56 Å². The lowest BCUT2D eigenvalue weighted by Gasteiger charge is -2.22. The summed E-state index contributed by atoms with van der Waals surface area (Å²) in [6.45, 7) is 8.55. The molecule has 1 N–H and O–H groups in total. The largest absolute Gasteiger partial charge is 0.478 e. The van der Waals surface area contributed by atoms with Crippen LogP contribution in [0.3, 0.4) is 0 Å². The molecule has 0 aliphatic heterocycles. The van der Waals surface area contributed by atoms with E-state index < -0.39 is 5.97 Å². The van der Waals surface area contributed by atoms with Gasteiger partial charge in [0.15, 0.2) is 0 Å². The van der Waals surface area contributed by atoms with Gasteiger partial charge in [-0.2, -0.15) is 0 Å². The van der Waals surface area contributed by atoms with Crippen LogP contribution in [0.15, 0.2) is 42.5 Å². The lowest BCUT2D eigenvalue weighted by atomic mass is 9.82. The fourth-order valence-electron chi connectivity index (χ4n) is 2.86. The molecule has 0 saturated heterocycles. The van der Waals surface area contributed by atoms with E-state index in [1.54, 1.807) is 6.07 Å². The van der Waals surface area contributed by atoms with E-state index in [-0.39, 0.29) is 5.92 Å². The van der Waals surface area contributed by atoms with Crippen LogP contribution in [0.5, 0.6) is 0 Å². The summed E-state index contributed by atoms with van der Waals surface area (Å²) in [5.74, 6) is -0.226. The van der Waals surface area contributed by atoms with Gasteiger partial charge in [0.25, 0.3) is 0 Å². The number of aromatic carboxylic acids is 1. The summed E-state index contributed by atoms with van der Waals surface area (Å²) in [5.41, 5.74) is 4.60. The van der Waals surface area contributed by atoms with Crippen molar-refractivity contribution in [3.05, 3.63) is 59.2 Å². The molecule has 0 unspecified atom stereocenters. The summed E-state index contributed by atoms with van der Waals surface area (Å²) >= 11 is 0. The Morgan fingerprint density at radius 2 is 1.52 bits per heavy atom. The maximum atomic E-state index is 11.7. The summed E-state index contributed by atoms with van der Waals surface area (Å²) < 4.78 is 0. The van der Waals surface area contributed by atoms with E-state index in [4.69, 9.17) is 0 Å². The highest BCUT2D eigenvalue weighted by Crippen LogP contribution is 2.37. The molecule has 0 aromatic heterocycles. The van der Waals surface area contributed by atoms with Crippen LogP contribution in [0.2, 0.25) is 0 Å². The molecule has 0 radical (unpaired) electrons. The Bertz CT molecular complexity index is 640. The molecule has 0 aliphatic rings. The van der Waals surface area contributed by atoms with Gasteiger partial charge in [-0.05, 0) is 40.2 Å². The van der Waals surface area contributed by atoms with Crippen LogP contribution in [0, 0.1) is 0 Å². The second-order valence-corrected chi connectivity index (χ2v) is 5.97. The average Bonchev–Trinajstić information content (AvgIpc) is 2.46. The molecule has 0 amide bonds. The van der Waals surface area contributed by atoms with Crippen LogP contribution < -0.4 is 0 Å². The van der Waals surface area contributed by atoms with E-state index in [0.29, 0.717) is 11.5 Å². The van der Waals surface area contributed by atoms with Gasteiger partial charge in [0, 0.05) is 0 Å². The lowest BCUT2D eigenvalue weighted by Crippen LogP contribution is -2.08. The monoisotopic (exact) mass is 282 g/mol. The number of carboxylic acid groups (broad SMARTS) is 1. The lowest BCUT2D eigenvalue weighted by molar-refractivity contribution is 0.0697. The highest BCUT2D eigenvalue weighted by Gasteiger charge is 2.21. The smallest absolute Gasteiger partial charge is 0.336 e. The first kappa shape index (κ1) is 15.3. The molecular formula is C19H22O2. The number of hydrogen-bond acceptors (Lipinski definition) is 1. The Morgan fingerprint density at radius 3 is 2.00 bits per heavy atom. The number of carboxylic acids is 1. The van der Waals surface area contributed by atoms with Crippen LogP contribution in [-0.2, 0) is 0 Å². The molecule has 2 heteroatoms. The molecule has 0 aliphatic carbocycles. The summed E-state index contributed by atoms with van der Waals surface area (Å²) in [7, 11) is 0. The predicted octanol–water partition coefficient (Wildman–Crippen LogP) is 5.30. The molecule has 110 valence electrons. The van der Waals surface area contributed by atoms with Crippen LogP contribution in [-0.4, -0.2) is 11.1 Å². The zero-order valence-electron chi connectivity index (χ0n) is 13.1. The second-order valence-electron chi connectivity index (χ2n) is 5.97. The second kappa shape index (κ2) is 6.13. The molecule has 0 fully saturated rings. The van der Waals surface area contributed by atoms with Crippen LogP contribution in [0.25, 0.3) is 11.1 Å². The maximum absolute atomic E-state index is 11.7. The van der Waals surface area contributed by atoms with Crippen molar-refractivity contribution in [3.8, 4) is 11.1 Å². The molecule has 2 rings (SSSR count). The van der Waals surface area contributed by atoms with Gasteiger partial charge < -0.3 is 5.11 Å². The number of carbonyl (C=O) groups is 1. The Kier molecular flexibility index (Phi) is 4.46. The Hall–Kier alpha value is -2.09. The average molecular weight is 282 g/mol. The number of benzene rings is 2. The first-order valence-electron chi connectivity index (χ1n) is 7.39. The van der Waals surface area contributed by atoms with Crippen LogP contribution in [0.1, 0.15) is 61.0 Å². The van der Waals surface area contributed by atoms with Crippen molar-refractivity contribution in [2.24, 2.45) is 0 Å². The van der Waals surface area contributed by atoms with Gasteiger partial charge >= 0.3 is 5.97 Å². The minimum atomic E-state index is -0.869. The van der Waals surface area contributed by atoms with Crippen LogP contribution in [0.4, 0.5) is 0 Å². The van der Waals surface area contributed by atoms with Gasteiger partial charge in [-0.3, -0.25) is 0 Å². The van der Waals surface area contributed by atoms with Crippen molar-refractivity contribution >= 4 is 5.97 Å². The third-order valence-electron chi connectivity index (χ3n) is 3.77. The quantitative estimate of drug-likeness (QED) is 0.826. The Balaban J connectivity index is 2.85. The first-order chi connectivity index (χ1) is 9.93. The molecular weight excluding hydrogens is 260 g/mol. The van der Waals surface area contributed by atoms with Crippen molar-refractivity contribution in [3.63, 3.8) is 0 Å². The normalized spacial score (nSPS) is 11.1. The minimum absolute atomic E-state index is 0.275. The summed E-state index contributed by atoms with van der Waals surface area (Å²) in [5, 5.41) is 9.56. The van der Waals surface area contributed by atoms with Crippen molar-refractivity contribution in [1.82, 2.24) is 0 Å². The van der Waals surface area contributed by atoms with E-state index >= 15 is 0 Å². The molecule has 2 aromatic carbocycles. The van der Waals surface area contributed by atoms with Gasteiger partial charge in [-0.1, -0.05) is 64.1 Å². The topological polar surface area (TPSA) is 37.3 Å². The first-order valence-corrected chi connectivity index (χ1v) is 7.39. The van der Waals surface area contributed by atoms with Crippen molar-refractivity contribution < 1.29 is 9.90 Å². The van der Waals surface area contributed by atoms with E-state index in [0.717, 1.165) is 16.7 Å². The highest BCUT2D eigenvalue weighted by atomic mass is 16.4. The van der Waals surface area contributed by atoms with E-state index in [9.17, 15) is 9.90 Å². The van der Waals surface area contributed by atoms with E-state index in [1.165, 1.54) is 5.56 Å². The van der Waals surface area contributed by atoms with E-state index in [1.807, 2.05) is 36.4 Å². The molecule has 21 heavy (non-hydrogen) atoms. The molecule has 2 nitrogen and oxygen atoms in total. The fourth-order valence-corrected chi connectivity index (χ4v) is 2.86. The summed E-state index contributed by atoms with van der Waals surface area (Å²) in [6, 6.07) is 13.5. The molecule has 0 spiro atoms. The van der Waals surface area contributed by atoms with Crippen molar-refractivity contribution in [2.75, 3.05) is 0 Å². The fraction of sp³-hybridized carbons (Fsp3) is 0.316. The van der Waals surface area contributed by atoms with Crippen molar-refractivity contribution in [2.45, 2.75) is 39.5 Å². The number of hydrogen-bond donors (Lipinski definition) is 1. The van der Waals surface area contributed by atoms with Gasteiger partial charge in [0.2, 0.25) is 0 Å². The van der Waals surface area contributed by atoms with Crippen molar-refractivity contribution in [1.29, 1.82) is 0 Å². The number of rotatable bonds is 4. The molecule has 2 aromatic rings. The predicted molar refractivity (Wildman–Crippen MR) is 87.0 cm³/mol. The highest BCUT2D eigenvalue weighted by molar-refractivity contribution is 5.97. The molecule has 0 heterocycles. The van der Waals surface area contributed by atoms with E-state index in [2.05, 4.69) is 27.7 Å². The minimum Gasteiger partial charge on any atom is -0.478 e. The van der Waals surface area contributed by atoms with Gasteiger partial charge in [-0.25, -0.2) is 4.79 Å². The molecule has 0 bridgehead atoms. The third kappa shape index (κ3) is 2.99. The van der Waals surface area contributed by atoms with Gasteiger partial charge in [-0.15, -0.1) is 0 Å². The Morgan fingerprint density at radius 1 is 0.905 bits per heavy atom. The maximum Gasteiger partial charge on any atom is 0.336 e. The van der Waals surface area contributed by atoms with Gasteiger partial charge in [0.1, 0.15) is 0 Å². The molecule has 0 atom stereocenters. The van der Waals surface area contributed by atoms with Crippen LogP contribution >= 0.6 is 0 Å². The third-order valence-corrected chi connectivity index (χ3v) is 3.77.